The molecule has 20 heavy (non-hydrogen) atoms. The zero-order valence-electron chi connectivity index (χ0n) is 11.5. The van der Waals surface area contributed by atoms with Gasteiger partial charge in [-0.3, -0.25) is 0 Å². The van der Waals surface area contributed by atoms with Crippen molar-refractivity contribution < 1.29 is 0 Å². The van der Waals surface area contributed by atoms with E-state index in [2.05, 4.69) is 66.0 Å². The van der Waals surface area contributed by atoms with Crippen molar-refractivity contribution in [3.8, 4) is 0 Å². The van der Waals surface area contributed by atoms with Gasteiger partial charge < -0.3 is 5.32 Å². The summed E-state index contributed by atoms with van der Waals surface area (Å²) in [6.45, 7) is 0. The van der Waals surface area contributed by atoms with E-state index in [0.29, 0.717) is 12.1 Å². The van der Waals surface area contributed by atoms with Gasteiger partial charge >= 0.3 is 0 Å². The minimum Gasteiger partial charge on any atom is -0.303 e. The van der Waals surface area contributed by atoms with Crippen molar-refractivity contribution in [3.63, 3.8) is 0 Å². The number of benzene rings is 2. The summed E-state index contributed by atoms with van der Waals surface area (Å²) in [5, 5.41) is 3.87. The van der Waals surface area contributed by atoms with Crippen molar-refractivity contribution in [2.24, 2.45) is 0 Å². The van der Waals surface area contributed by atoms with E-state index in [1.807, 2.05) is 0 Å². The third kappa shape index (κ3) is 1.99. The van der Waals surface area contributed by atoms with Crippen molar-refractivity contribution >= 4 is 12.2 Å². The molecular formula is C19H19N. The van der Waals surface area contributed by atoms with E-state index in [9.17, 15) is 0 Å². The standard InChI is InChI=1S/C19H19N/c1-3-10-17-14(6-1)12-13-15-7-2-4-11-18(15)19(17)20-16-8-5-9-16/h1-4,6-7,10-13,16,19-20H,5,8-9H2. The van der Waals surface area contributed by atoms with Crippen LogP contribution in [0, 0.1) is 0 Å². The van der Waals surface area contributed by atoms with Crippen LogP contribution in [0.3, 0.4) is 0 Å². The number of fused-ring (bicyclic) bond motifs is 2. The Bertz CT molecular complexity index is 603. The Balaban J connectivity index is 1.83. The van der Waals surface area contributed by atoms with Crippen molar-refractivity contribution in [2.45, 2.75) is 31.3 Å². The Kier molecular flexibility index (Phi) is 2.93. The monoisotopic (exact) mass is 261 g/mol. The Hall–Kier alpha value is -1.86. The molecule has 1 saturated carbocycles. The van der Waals surface area contributed by atoms with E-state index in [-0.39, 0.29) is 0 Å². The molecule has 4 rings (SSSR count). The maximum absolute atomic E-state index is 3.87. The normalized spacial score (nSPS) is 18.0. The smallest absolute Gasteiger partial charge is 0.0590 e. The highest BCUT2D eigenvalue weighted by Gasteiger charge is 2.26. The Morgan fingerprint density at radius 2 is 1.30 bits per heavy atom. The first-order valence-electron chi connectivity index (χ1n) is 7.54. The van der Waals surface area contributed by atoms with Gasteiger partial charge in [0.25, 0.3) is 0 Å². The largest absolute Gasteiger partial charge is 0.303 e. The Labute approximate surface area is 120 Å². The summed E-state index contributed by atoms with van der Waals surface area (Å²) in [5.74, 6) is 0. The molecule has 0 aliphatic heterocycles. The summed E-state index contributed by atoms with van der Waals surface area (Å²) in [7, 11) is 0. The highest BCUT2D eigenvalue weighted by atomic mass is 15.0. The number of rotatable bonds is 2. The third-order valence-electron chi connectivity index (χ3n) is 4.56. The van der Waals surface area contributed by atoms with Gasteiger partial charge in [0.1, 0.15) is 0 Å². The maximum Gasteiger partial charge on any atom is 0.0590 e. The molecule has 0 amide bonds. The predicted molar refractivity (Wildman–Crippen MR) is 84.4 cm³/mol. The summed E-state index contributed by atoms with van der Waals surface area (Å²) < 4.78 is 0. The van der Waals surface area contributed by atoms with Gasteiger partial charge in [-0.1, -0.05) is 67.1 Å². The van der Waals surface area contributed by atoms with Gasteiger partial charge in [0.15, 0.2) is 0 Å². The van der Waals surface area contributed by atoms with E-state index in [1.165, 1.54) is 41.5 Å². The quantitative estimate of drug-likeness (QED) is 0.844. The molecule has 1 heteroatoms. The van der Waals surface area contributed by atoms with E-state index < -0.39 is 0 Å². The van der Waals surface area contributed by atoms with Crippen LogP contribution in [0.5, 0.6) is 0 Å². The molecule has 1 N–H and O–H groups in total. The first-order valence-corrected chi connectivity index (χ1v) is 7.54. The van der Waals surface area contributed by atoms with Crippen molar-refractivity contribution in [1.29, 1.82) is 0 Å². The van der Waals surface area contributed by atoms with Crippen molar-refractivity contribution in [3.05, 3.63) is 70.8 Å². The lowest BCUT2D eigenvalue weighted by atomic mass is 9.88. The molecule has 2 aromatic carbocycles. The predicted octanol–water partition coefficient (Wildman–Crippen LogP) is 4.40. The maximum atomic E-state index is 3.87. The first kappa shape index (κ1) is 11.9. The van der Waals surface area contributed by atoms with Gasteiger partial charge in [0, 0.05) is 6.04 Å². The molecule has 0 atom stereocenters. The van der Waals surface area contributed by atoms with E-state index >= 15 is 0 Å². The van der Waals surface area contributed by atoms with Gasteiger partial charge in [-0.2, -0.15) is 0 Å². The summed E-state index contributed by atoms with van der Waals surface area (Å²) >= 11 is 0. The second kappa shape index (κ2) is 4.92. The third-order valence-corrected chi connectivity index (χ3v) is 4.56. The molecule has 2 aliphatic carbocycles. The molecule has 1 nitrogen and oxygen atoms in total. The van der Waals surface area contributed by atoms with Crippen LogP contribution in [-0.2, 0) is 0 Å². The Morgan fingerprint density at radius 3 is 1.80 bits per heavy atom. The van der Waals surface area contributed by atoms with Gasteiger partial charge in [-0.15, -0.1) is 0 Å². The van der Waals surface area contributed by atoms with Crippen molar-refractivity contribution in [1.82, 2.24) is 5.32 Å². The molecule has 2 aromatic rings. The molecule has 0 unspecified atom stereocenters. The van der Waals surface area contributed by atoms with Gasteiger partial charge in [0.2, 0.25) is 0 Å². The molecule has 1 fully saturated rings. The first-order chi connectivity index (χ1) is 9.92. The lowest BCUT2D eigenvalue weighted by Gasteiger charge is -2.32. The van der Waals surface area contributed by atoms with Crippen LogP contribution in [0.2, 0.25) is 0 Å². The molecular weight excluding hydrogens is 242 g/mol. The minimum atomic E-state index is 0.322. The lowest BCUT2D eigenvalue weighted by Crippen LogP contribution is -2.38. The lowest BCUT2D eigenvalue weighted by molar-refractivity contribution is 0.320. The zero-order chi connectivity index (χ0) is 13.4. The molecule has 0 bridgehead atoms. The number of nitrogens with one attached hydrogen (secondary N) is 1. The molecule has 0 spiro atoms. The summed E-state index contributed by atoms with van der Waals surface area (Å²) in [4.78, 5) is 0. The summed E-state index contributed by atoms with van der Waals surface area (Å²) in [6.07, 6.45) is 8.49. The fraction of sp³-hybridized carbons (Fsp3) is 0.263. The van der Waals surface area contributed by atoms with Gasteiger partial charge in [0.05, 0.1) is 6.04 Å². The SMILES string of the molecule is C1=Cc2ccccc2C(NC2CCC2)c2ccccc21. The van der Waals surface area contributed by atoms with E-state index in [4.69, 9.17) is 0 Å². The van der Waals surface area contributed by atoms with Crippen LogP contribution >= 0.6 is 0 Å². The van der Waals surface area contributed by atoms with Crippen molar-refractivity contribution in [2.75, 3.05) is 0 Å². The van der Waals surface area contributed by atoms with Crippen LogP contribution in [-0.4, -0.2) is 6.04 Å². The van der Waals surface area contributed by atoms with Crippen LogP contribution in [0.25, 0.3) is 12.2 Å². The van der Waals surface area contributed by atoms with Crippen LogP contribution < -0.4 is 5.32 Å². The van der Waals surface area contributed by atoms with Crippen LogP contribution in [0.15, 0.2) is 48.5 Å². The average molecular weight is 261 g/mol. The minimum absolute atomic E-state index is 0.322. The average Bonchev–Trinajstić information content (AvgIpc) is 2.60. The number of hydrogen-bond donors (Lipinski definition) is 1. The van der Waals surface area contributed by atoms with E-state index in [0.717, 1.165) is 0 Å². The molecule has 0 radical (unpaired) electrons. The highest BCUT2D eigenvalue weighted by molar-refractivity contribution is 5.76. The number of hydrogen-bond acceptors (Lipinski definition) is 1. The molecule has 0 heterocycles. The van der Waals surface area contributed by atoms with Crippen LogP contribution in [0.4, 0.5) is 0 Å². The zero-order valence-corrected chi connectivity index (χ0v) is 11.5. The van der Waals surface area contributed by atoms with Gasteiger partial charge in [-0.25, -0.2) is 0 Å². The second-order valence-corrected chi connectivity index (χ2v) is 5.82. The molecule has 2 aliphatic rings. The molecule has 0 aromatic heterocycles. The van der Waals surface area contributed by atoms with Crippen LogP contribution in [0.1, 0.15) is 47.6 Å². The Morgan fingerprint density at radius 1 is 0.750 bits per heavy atom. The van der Waals surface area contributed by atoms with Gasteiger partial charge in [-0.05, 0) is 35.1 Å². The highest BCUT2D eigenvalue weighted by Crippen LogP contribution is 2.34. The fourth-order valence-electron chi connectivity index (χ4n) is 3.19. The summed E-state index contributed by atoms with van der Waals surface area (Å²) in [6, 6.07) is 18.5. The second-order valence-electron chi connectivity index (χ2n) is 5.82. The summed E-state index contributed by atoms with van der Waals surface area (Å²) in [5.41, 5.74) is 5.47. The molecule has 0 saturated heterocycles. The molecule has 100 valence electrons. The van der Waals surface area contributed by atoms with E-state index in [1.54, 1.807) is 0 Å². The topological polar surface area (TPSA) is 12.0 Å². The fourth-order valence-corrected chi connectivity index (χ4v) is 3.19.